The summed E-state index contributed by atoms with van der Waals surface area (Å²) in [7, 11) is -4.02. The number of carbonyl (C=O) groups excluding carboxylic acids is 1. The standard InChI is InChI=1S/C20H18ClN3O2S.C7H8O3S/c21-17-6-2-1-5-16(17)18-13-27-19(23-18)14-7-10-24(11-8-14)20(25)26-15-4-3-9-22-12-15;1-6-2-4-7(5-3-6)11(8,9)10/h1-6,9,12-14H,7-8,10-11H2;2-5H,1H3,(H,8,9,10). The molecule has 5 rings (SSSR count). The van der Waals surface area contributed by atoms with E-state index in [2.05, 4.69) is 10.4 Å². The van der Waals surface area contributed by atoms with Gasteiger partial charge in [-0.3, -0.25) is 9.54 Å². The zero-order valence-corrected chi connectivity index (χ0v) is 22.9. The molecule has 2 aromatic carbocycles. The molecule has 0 saturated carbocycles. The van der Waals surface area contributed by atoms with Gasteiger partial charge in [0.15, 0.2) is 5.75 Å². The average Bonchev–Trinajstić information content (AvgIpc) is 3.40. The Bertz CT molecular complexity index is 1470. The van der Waals surface area contributed by atoms with Crippen molar-refractivity contribution in [3.8, 4) is 17.0 Å². The molecule has 2 aromatic heterocycles. The van der Waals surface area contributed by atoms with Crippen molar-refractivity contribution in [2.45, 2.75) is 30.6 Å². The highest BCUT2D eigenvalue weighted by Crippen LogP contribution is 2.35. The second-order valence-electron chi connectivity index (χ2n) is 8.66. The quantitative estimate of drug-likeness (QED) is 0.279. The summed E-state index contributed by atoms with van der Waals surface area (Å²) < 4.78 is 34.9. The molecule has 4 aromatic rings. The summed E-state index contributed by atoms with van der Waals surface area (Å²) in [6.45, 7) is 3.16. The van der Waals surface area contributed by atoms with Crippen LogP contribution in [0.5, 0.6) is 5.75 Å². The van der Waals surface area contributed by atoms with Crippen LogP contribution in [0.3, 0.4) is 0 Å². The van der Waals surface area contributed by atoms with Crippen molar-refractivity contribution in [1.82, 2.24) is 14.9 Å². The van der Waals surface area contributed by atoms with E-state index in [0.717, 1.165) is 34.7 Å². The Labute approximate surface area is 230 Å². The maximum absolute atomic E-state index is 12.3. The number of aromatic nitrogens is 2. The Morgan fingerprint density at radius 1 is 1.08 bits per heavy atom. The van der Waals surface area contributed by atoms with Gasteiger partial charge in [-0.15, -0.1) is 11.3 Å². The number of aryl methyl sites for hydroxylation is 1. The average molecular weight is 572 g/mol. The minimum Gasteiger partial charge on any atom is -0.409 e. The fourth-order valence-electron chi connectivity index (χ4n) is 3.86. The van der Waals surface area contributed by atoms with E-state index in [1.807, 2.05) is 31.2 Å². The predicted octanol–water partition coefficient (Wildman–Crippen LogP) is 6.48. The van der Waals surface area contributed by atoms with Gasteiger partial charge in [-0.25, -0.2) is 9.78 Å². The van der Waals surface area contributed by atoms with Crippen molar-refractivity contribution in [2.75, 3.05) is 13.1 Å². The lowest BCUT2D eigenvalue weighted by molar-refractivity contribution is 0.138. The fraction of sp³-hybridized carbons (Fsp3) is 0.222. The van der Waals surface area contributed by atoms with Gasteiger partial charge in [0.2, 0.25) is 0 Å². The molecular weight excluding hydrogens is 546 g/mol. The summed E-state index contributed by atoms with van der Waals surface area (Å²) in [6, 6.07) is 17.2. The Morgan fingerprint density at radius 3 is 2.42 bits per heavy atom. The number of amides is 1. The number of piperidine rings is 1. The molecule has 198 valence electrons. The summed E-state index contributed by atoms with van der Waals surface area (Å²) in [4.78, 5) is 22.7. The Hall–Kier alpha value is -3.31. The molecule has 1 saturated heterocycles. The lowest BCUT2D eigenvalue weighted by Gasteiger charge is -2.30. The molecule has 11 heteroatoms. The maximum atomic E-state index is 12.3. The first-order valence-corrected chi connectivity index (χ1v) is 14.5. The lowest BCUT2D eigenvalue weighted by atomic mass is 9.98. The smallest absolute Gasteiger partial charge is 0.409 e. The number of thiazole rings is 1. The zero-order chi connectivity index (χ0) is 27.1. The van der Waals surface area contributed by atoms with Crippen LogP contribution in [0.4, 0.5) is 4.79 Å². The number of rotatable bonds is 4. The molecule has 0 spiro atoms. The Kier molecular flexibility index (Phi) is 9.11. The molecule has 1 N–H and O–H groups in total. The summed E-state index contributed by atoms with van der Waals surface area (Å²) in [5.41, 5.74) is 2.83. The van der Waals surface area contributed by atoms with Crippen molar-refractivity contribution < 1.29 is 22.5 Å². The van der Waals surface area contributed by atoms with E-state index < -0.39 is 10.1 Å². The number of nitrogens with zero attached hydrogens (tertiary/aromatic N) is 3. The largest absolute Gasteiger partial charge is 0.415 e. The van der Waals surface area contributed by atoms with Gasteiger partial charge < -0.3 is 9.64 Å². The van der Waals surface area contributed by atoms with Crippen LogP contribution in [-0.4, -0.2) is 47.0 Å². The molecule has 1 fully saturated rings. The summed E-state index contributed by atoms with van der Waals surface area (Å²) >= 11 is 7.94. The fourth-order valence-corrected chi connectivity index (χ4v) is 5.56. The third-order valence-electron chi connectivity index (χ3n) is 5.93. The molecule has 8 nitrogen and oxygen atoms in total. The second kappa shape index (κ2) is 12.5. The molecular formula is C27H26ClN3O5S2. The van der Waals surface area contributed by atoms with Crippen LogP contribution >= 0.6 is 22.9 Å². The van der Waals surface area contributed by atoms with E-state index in [1.54, 1.807) is 46.7 Å². The van der Waals surface area contributed by atoms with Crippen LogP contribution < -0.4 is 4.74 Å². The highest BCUT2D eigenvalue weighted by Gasteiger charge is 2.27. The number of hydrogen-bond donors (Lipinski definition) is 1. The van der Waals surface area contributed by atoms with Gasteiger partial charge in [-0.05, 0) is 50.1 Å². The number of ether oxygens (including phenoxy) is 1. The number of carbonyl (C=O) groups is 1. The summed E-state index contributed by atoms with van der Waals surface area (Å²) in [5, 5.41) is 3.87. The summed E-state index contributed by atoms with van der Waals surface area (Å²) in [5.74, 6) is 0.822. The molecule has 38 heavy (non-hydrogen) atoms. The van der Waals surface area contributed by atoms with Crippen LogP contribution in [0.25, 0.3) is 11.3 Å². The van der Waals surface area contributed by atoms with Crippen molar-refractivity contribution in [2.24, 2.45) is 0 Å². The van der Waals surface area contributed by atoms with E-state index in [9.17, 15) is 13.2 Å². The highest BCUT2D eigenvalue weighted by atomic mass is 35.5. The minimum atomic E-state index is -4.02. The SMILES string of the molecule is Cc1ccc(S(=O)(=O)O)cc1.O=C(Oc1cccnc1)N1CCC(c2nc(-c3ccccc3Cl)cs2)CC1. The van der Waals surface area contributed by atoms with Gasteiger partial charge in [0.25, 0.3) is 10.1 Å². The van der Waals surface area contributed by atoms with Crippen LogP contribution in [0, 0.1) is 6.92 Å². The molecule has 1 aliphatic heterocycles. The molecule has 0 aliphatic carbocycles. The predicted molar refractivity (Wildman–Crippen MR) is 147 cm³/mol. The van der Waals surface area contributed by atoms with Crippen molar-refractivity contribution in [3.63, 3.8) is 0 Å². The number of likely N-dealkylation sites (tertiary alicyclic amines) is 1. The van der Waals surface area contributed by atoms with Crippen LogP contribution in [-0.2, 0) is 10.1 Å². The van der Waals surface area contributed by atoms with Gasteiger partial charge >= 0.3 is 6.09 Å². The van der Waals surface area contributed by atoms with Gasteiger partial charge in [0.05, 0.1) is 21.8 Å². The van der Waals surface area contributed by atoms with E-state index >= 15 is 0 Å². The first kappa shape index (κ1) is 27.7. The molecule has 1 aliphatic rings. The number of benzene rings is 2. The van der Waals surface area contributed by atoms with E-state index in [0.29, 0.717) is 29.8 Å². The topological polar surface area (TPSA) is 110 Å². The van der Waals surface area contributed by atoms with E-state index in [1.165, 1.54) is 18.3 Å². The van der Waals surface area contributed by atoms with Gasteiger partial charge in [0, 0.05) is 41.2 Å². The van der Waals surface area contributed by atoms with Gasteiger partial charge in [-0.2, -0.15) is 8.42 Å². The molecule has 0 bridgehead atoms. The van der Waals surface area contributed by atoms with Crippen LogP contribution in [0.2, 0.25) is 5.02 Å². The third kappa shape index (κ3) is 7.38. The van der Waals surface area contributed by atoms with E-state index in [-0.39, 0.29) is 11.0 Å². The maximum Gasteiger partial charge on any atom is 0.415 e. The Balaban J connectivity index is 0.000000257. The number of hydrogen-bond acceptors (Lipinski definition) is 7. The summed E-state index contributed by atoms with van der Waals surface area (Å²) in [6.07, 6.45) is 4.61. The van der Waals surface area contributed by atoms with Crippen molar-refractivity contribution >= 4 is 39.1 Å². The molecule has 0 unspecified atom stereocenters. The molecule has 0 atom stereocenters. The zero-order valence-electron chi connectivity index (χ0n) is 20.5. The van der Waals surface area contributed by atoms with Crippen LogP contribution in [0.1, 0.15) is 29.3 Å². The lowest BCUT2D eigenvalue weighted by Crippen LogP contribution is -2.39. The normalized spacial score (nSPS) is 13.9. The van der Waals surface area contributed by atoms with Crippen LogP contribution in [0.15, 0.2) is 83.3 Å². The molecule has 0 radical (unpaired) electrons. The Morgan fingerprint density at radius 2 is 1.79 bits per heavy atom. The first-order chi connectivity index (χ1) is 18.2. The van der Waals surface area contributed by atoms with Crippen molar-refractivity contribution in [1.29, 1.82) is 0 Å². The molecule has 1 amide bonds. The van der Waals surface area contributed by atoms with Gasteiger partial charge in [0.1, 0.15) is 0 Å². The number of pyridine rings is 1. The van der Waals surface area contributed by atoms with Gasteiger partial charge in [-0.1, -0.05) is 47.5 Å². The minimum absolute atomic E-state index is 0.0666. The molecule has 3 heterocycles. The third-order valence-corrected chi connectivity index (χ3v) is 8.14. The van der Waals surface area contributed by atoms with E-state index in [4.69, 9.17) is 25.9 Å². The second-order valence-corrected chi connectivity index (χ2v) is 11.4. The highest BCUT2D eigenvalue weighted by molar-refractivity contribution is 7.85. The van der Waals surface area contributed by atoms with Crippen molar-refractivity contribution in [3.05, 3.63) is 94.0 Å². The number of halogens is 1. The first-order valence-electron chi connectivity index (χ1n) is 11.8. The monoisotopic (exact) mass is 571 g/mol.